The van der Waals surface area contributed by atoms with Gasteiger partial charge in [-0.15, -0.1) is 0 Å². The third kappa shape index (κ3) is 3.87. The maximum absolute atomic E-state index is 13.1. The molecule has 0 radical (unpaired) electrons. The number of carbonyl (C=O) groups is 3. The Labute approximate surface area is 176 Å². The molecule has 1 aliphatic rings. The Hall–Kier alpha value is -3.72. The first kappa shape index (κ1) is 21.0. The van der Waals surface area contributed by atoms with Crippen LogP contribution in [0.3, 0.4) is 0 Å². The second-order valence-corrected chi connectivity index (χ2v) is 7.22. The number of hydrogen-bond acceptors (Lipinski definition) is 6. The highest BCUT2D eigenvalue weighted by Crippen LogP contribution is 2.30. The predicted octanol–water partition coefficient (Wildman–Crippen LogP) is 3.29. The summed E-state index contributed by atoms with van der Waals surface area (Å²) < 4.78 is 0. The van der Waals surface area contributed by atoms with Crippen LogP contribution >= 0.6 is 11.6 Å². The third-order valence-corrected chi connectivity index (χ3v) is 4.75. The first-order valence-electron chi connectivity index (χ1n) is 8.73. The summed E-state index contributed by atoms with van der Waals surface area (Å²) in [4.78, 5) is 51.0. The van der Waals surface area contributed by atoms with E-state index in [0.29, 0.717) is 16.3 Å². The topological polar surface area (TPSA) is 113 Å². The fraction of sp³-hybridized carbons (Fsp3) is 0.150. The molecule has 1 heterocycles. The molecule has 0 aliphatic carbocycles. The van der Waals surface area contributed by atoms with Gasteiger partial charge in [0.1, 0.15) is 5.57 Å². The number of hydrogen-bond donors (Lipinski definition) is 1. The third-order valence-electron chi connectivity index (χ3n) is 4.52. The smallest absolute Gasteiger partial charge is 0.335 e. The van der Waals surface area contributed by atoms with Crippen LogP contribution in [0.5, 0.6) is 0 Å². The second kappa shape index (κ2) is 7.96. The number of nitro groups is 1. The van der Waals surface area contributed by atoms with Crippen molar-refractivity contribution in [1.29, 1.82) is 0 Å². The SMILES string of the molecule is Cc1ccc(Cl)cc1N1C(=O)NC(=O)/C(=C/c2cc([N+](=O)[O-])ccc2N(C)C)C1=O. The zero-order valence-corrected chi connectivity index (χ0v) is 17.1. The molecule has 9 nitrogen and oxygen atoms in total. The van der Waals surface area contributed by atoms with Gasteiger partial charge in [0.15, 0.2) is 0 Å². The molecule has 0 aromatic heterocycles. The molecule has 4 amide bonds. The molecule has 0 unspecified atom stereocenters. The Morgan fingerprint density at radius 1 is 1.13 bits per heavy atom. The number of anilines is 2. The lowest BCUT2D eigenvalue weighted by atomic mass is 10.0. The Kier molecular flexibility index (Phi) is 5.57. The number of carbonyl (C=O) groups excluding carboxylic acids is 3. The van der Waals surface area contributed by atoms with Crippen LogP contribution in [-0.2, 0) is 9.59 Å². The van der Waals surface area contributed by atoms with E-state index in [0.717, 1.165) is 4.90 Å². The number of halogens is 1. The van der Waals surface area contributed by atoms with Crippen molar-refractivity contribution in [3.63, 3.8) is 0 Å². The Bertz CT molecular complexity index is 1130. The largest absolute Gasteiger partial charge is 0.377 e. The van der Waals surface area contributed by atoms with Crippen LogP contribution in [0.1, 0.15) is 11.1 Å². The zero-order valence-electron chi connectivity index (χ0n) is 16.3. The normalized spacial score (nSPS) is 15.4. The van der Waals surface area contributed by atoms with Crippen LogP contribution in [0.4, 0.5) is 21.9 Å². The number of aryl methyl sites for hydroxylation is 1. The van der Waals surface area contributed by atoms with E-state index in [1.165, 1.54) is 30.3 Å². The highest BCUT2D eigenvalue weighted by molar-refractivity contribution is 6.39. The summed E-state index contributed by atoms with van der Waals surface area (Å²) in [6, 6.07) is 7.89. The van der Waals surface area contributed by atoms with E-state index in [9.17, 15) is 24.5 Å². The Morgan fingerprint density at radius 3 is 2.47 bits per heavy atom. The quantitative estimate of drug-likeness (QED) is 0.346. The number of amides is 4. The van der Waals surface area contributed by atoms with Gasteiger partial charge in [-0.05, 0) is 36.8 Å². The molecule has 2 aromatic carbocycles. The van der Waals surface area contributed by atoms with Gasteiger partial charge in [0.2, 0.25) is 0 Å². The van der Waals surface area contributed by atoms with Gasteiger partial charge in [-0.25, -0.2) is 9.69 Å². The first-order valence-corrected chi connectivity index (χ1v) is 9.11. The van der Waals surface area contributed by atoms with Crippen LogP contribution in [0.2, 0.25) is 5.02 Å². The van der Waals surface area contributed by atoms with Crippen molar-refractivity contribution >= 4 is 52.6 Å². The summed E-state index contributed by atoms with van der Waals surface area (Å²) >= 11 is 6.01. The molecule has 0 saturated carbocycles. The lowest BCUT2D eigenvalue weighted by molar-refractivity contribution is -0.384. The van der Waals surface area contributed by atoms with Crippen LogP contribution in [0, 0.1) is 17.0 Å². The molecule has 0 spiro atoms. The lowest BCUT2D eigenvalue weighted by Gasteiger charge is -2.28. The Morgan fingerprint density at radius 2 is 1.83 bits per heavy atom. The van der Waals surface area contributed by atoms with E-state index in [1.807, 2.05) is 0 Å². The van der Waals surface area contributed by atoms with Gasteiger partial charge in [0.25, 0.3) is 17.5 Å². The number of barbiturate groups is 1. The van der Waals surface area contributed by atoms with Gasteiger partial charge in [-0.1, -0.05) is 17.7 Å². The number of benzene rings is 2. The van der Waals surface area contributed by atoms with Crippen molar-refractivity contribution in [2.75, 3.05) is 23.9 Å². The van der Waals surface area contributed by atoms with Gasteiger partial charge < -0.3 is 4.90 Å². The molecule has 3 rings (SSSR count). The van der Waals surface area contributed by atoms with E-state index in [2.05, 4.69) is 5.32 Å². The van der Waals surface area contributed by atoms with Crippen LogP contribution in [-0.4, -0.2) is 36.9 Å². The molecular weight excluding hydrogens is 412 g/mol. The summed E-state index contributed by atoms with van der Waals surface area (Å²) in [5, 5.41) is 13.6. The number of nitrogens with one attached hydrogen (secondary N) is 1. The summed E-state index contributed by atoms with van der Waals surface area (Å²) in [6.45, 7) is 1.69. The van der Waals surface area contributed by atoms with Crippen molar-refractivity contribution < 1.29 is 19.3 Å². The predicted molar refractivity (Wildman–Crippen MR) is 113 cm³/mol. The molecule has 1 saturated heterocycles. The minimum atomic E-state index is -0.903. The molecule has 30 heavy (non-hydrogen) atoms. The van der Waals surface area contributed by atoms with Gasteiger partial charge in [-0.3, -0.25) is 25.0 Å². The number of non-ortho nitro benzene ring substituents is 1. The van der Waals surface area contributed by atoms with Crippen molar-refractivity contribution in [2.24, 2.45) is 0 Å². The van der Waals surface area contributed by atoms with E-state index < -0.39 is 22.8 Å². The van der Waals surface area contributed by atoms with Gasteiger partial charge in [0.05, 0.1) is 10.6 Å². The van der Waals surface area contributed by atoms with E-state index in [4.69, 9.17) is 11.6 Å². The van der Waals surface area contributed by atoms with Crippen LogP contribution in [0.25, 0.3) is 6.08 Å². The highest BCUT2D eigenvalue weighted by atomic mass is 35.5. The van der Waals surface area contributed by atoms with Crippen LogP contribution < -0.4 is 15.1 Å². The molecule has 10 heteroatoms. The minimum Gasteiger partial charge on any atom is -0.377 e. The number of urea groups is 1. The van der Waals surface area contributed by atoms with Gasteiger partial charge >= 0.3 is 6.03 Å². The average Bonchev–Trinajstić information content (AvgIpc) is 2.67. The van der Waals surface area contributed by atoms with Gasteiger partial charge in [-0.2, -0.15) is 0 Å². The molecular formula is C20H17ClN4O5. The summed E-state index contributed by atoms with van der Waals surface area (Å²) in [5.41, 5.74) is 1.13. The molecule has 0 atom stereocenters. The van der Waals surface area contributed by atoms with E-state index in [1.54, 1.807) is 38.1 Å². The van der Waals surface area contributed by atoms with Crippen molar-refractivity contribution in [3.8, 4) is 0 Å². The number of imide groups is 2. The standard InChI is InChI=1S/C20H17ClN4O5/c1-11-4-5-13(21)10-17(11)24-19(27)15(18(26)22-20(24)28)9-12-8-14(25(29)30)6-7-16(12)23(2)3/h4-10H,1-3H3,(H,22,26,28)/b15-9-. The average molecular weight is 429 g/mol. The first-order chi connectivity index (χ1) is 14.1. The van der Waals surface area contributed by atoms with Gasteiger partial charge in [0, 0.05) is 42.5 Å². The maximum atomic E-state index is 13.1. The van der Waals surface area contributed by atoms with Crippen molar-refractivity contribution in [1.82, 2.24) is 5.32 Å². The van der Waals surface area contributed by atoms with E-state index in [-0.39, 0.29) is 22.5 Å². The number of nitro benzene ring substituents is 1. The molecule has 154 valence electrons. The summed E-state index contributed by atoms with van der Waals surface area (Å²) in [6.07, 6.45) is 1.24. The molecule has 2 aromatic rings. The van der Waals surface area contributed by atoms with Crippen molar-refractivity contribution in [3.05, 3.63) is 68.2 Å². The lowest BCUT2D eigenvalue weighted by Crippen LogP contribution is -2.54. The number of nitrogens with zero attached hydrogens (tertiary/aromatic N) is 3. The van der Waals surface area contributed by atoms with Crippen molar-refractivity contribution in [2.45, 2.75) is 6.92 Å². The monoisotopic (exact) mass is 428 g/mol. The van der Waals surface area contributed by atoms with E-state index >= 15 is 0 Å². The van der Waals surface area contributed by atoms with Crippen LogP contribution in [0.15, 0.2) is 42.0 Å². The fourth-order valence-electron chi connectivity index (χ4n) is 3.03. The summed E-state index contributed by atoms with van der Waals surface area (Å²) in [5.74, 6) is -1.75. The fourth-order valence-corrected chi connectivity index (χ4v) is 3.20. The number of rotatable bonds is 4. The maximum Gasteiger partial charge on any atom is 0.335 e. The Balaban J connectivity index is 2.15. The molecule has 0 bridgehead atoms. The molecule has 1 N–H and O–H groups in total. The minimum absolute atomic E-state index is 0.199. The molecule has 1 fully saturated rings. The second-order valence-electron chi connectivity index (χ2n) is 6.78. The highest BCUT2D eigenvalue weighted by Gasteiger charge is 2.37. The molecule has 1 aliphatic heterocycles. The summed E-state index contributed by atoms with van der Waals surface area (Å²) in [7, 11) is 3.44. The zero-order chi connectivity index (χ0) is 22.2.